The first kappa shape index (κ1) is 17.8. The zero-order valence-corrected chi connectivity index (χ0v) is 14.1. The highest BCUT2D eigenvalue weighted by Gasteiger charge is 2.19. The lowest BCUT2D eigenvalue weighted by Gasteiger charge is -2.13. The van der Waals surface area contributed by atoms with E-state index in [1.807, 2.05) is 0 Å². The van der Waals surface area contributed by atoms with Gasteiger partial charge in [-0.2, -0.15) is 0 Å². The van der Waals surface area contributed by atoms with Crippen LogP contribution in [0.15, 0.2) is 45.6 Å². The molecule has 1 aromatic heterocycles. The van der Waals surface area contributed by atoms with Gasteiger partial charge in [0.2, 0.25) is 5.75 Å². The summed E-state index contributed by atoms with van der Waals surface area (Å²) in [4.78, 5) is 22.9. The Balaban J connectivity index is 2.21. The number of fused-ring (bicyclic) bond motifs is 1. The van der Waals surface area contributed by atoms with Gasteiger partial charge in [0, 0.05) is 22.6 Å². The normalized spacial score (nSPS) is 12.1. The summed E-state index contributed by atoms with van der Waals surface area (Å²) in [6, 6.07) is 7.81. The molecule has 0 saturated heterocycles. The molecular weight excluding hydrogens is 367 g/mol. The van der Waals surface area contributed by atoms with Crippen LogP contribution in [-0.4, -0.2) is 22.3 Å². The summed E-state index contributed by atoms with van der Waals surface area (Å²) in [6.07, 6.45) is -1.11. The quantitative estimate of drug-likeness (QED) is 0.670. The van der Waals surface area contributed by atoms with Crippen molar-refractivity contribution in [1.82, 2.24) is 0 Å². The monoisotopic (exact) mass is 378 g/mol. The highest BCUT2D eigenvalue weighted by atomic mass is 35.5. The smallest absolute Gasteiger partial charge is 0.379 e. The summed E-state index contributed by atoms with van der Waals surface area (Å²) in [5.74, 6) is -2.23. The molecule has 26 heavy (non-hydrogen) atoms. The predicted molar refractivity (Wildman–Crippen MR) is 92.3 cm³/mol. The summed E-state index contributed by atoms with van der Waals surface area (Å²) in [5, 5.41) is 19.4. The van der Waals surface area contributed by atoms with E-state index in [0.29, 0.717) is 5.39 Å². The van der Waals surface area contributed by atoms with Crippen LogP contribution in [0.4, 0.5) is 4.39 Å². The molecule has 0 aliphatic carbocycles. The summed E-state index contributed by atoms with van der Waals surface area (Å²) < 4.78 is 23.6. The van der Waals surface area contributed by atoms with E-state index in [-0.39, 0.29) is 27.5 Å². The second-order valence-corrected chi connectivity index (χ2v) is 5.90. The minimum absolute atomic E-state index is 0.00651. The largest absolute Gasteiger partial charge is 0.501 e. The van der Waals surface area contributed by atoms with E-state index in [2.05, 4.69) is 0 Å². The first-order valence-corrected chi connectivity index (χ1v) is 7.80. The molecule has 0 aliphatic rings. The molecule has 0 saturated carbocycles. The van der Waals surface area contributed by atoms with Gasteiger partial charge in [-0.25, -0.2) is 14.0 Å². The fourth-order valence-electron chi connectivity index (χ4n) is 2.46. The zero-order chi connectivity index (χ0) is 19.0. The van der Waals surface area contributed by atoms with Gasteiger partial charge in [0.25, 0.3) is 0 Å². The Labute approximate surface area is 151 Å². The standard InChI is InChI=1S/C18H12ClFO6/c1-8(17(22)23)25-10-3-5-12-14(7-10)26-18(24)16(21)15(12)11-4-2-9(20)6-13(11)19/h2-8,21H,1H3,(H,22,23)/t8-/m1/s1. The second kappa shape index (κ2) is 6.68. The molecule has 8 heteroatoms. The van der Waals surface area contributed by atoms with E-state index < -0.39 is 29.3 Å². The van der Waals surface area contributed by atoms with Crippen molar-refractivity contribution in [2.75, 3.05) is 0 Å². The van der Waals surface area contributed by atoms with Crippen molar-refractivity contribution >= 4 is 28.5 Å². The highest BCUT2D eigenvalue weighted by molar-refractivity contribution is 6.33. The molecule has 3 rings (SSSR count). The third kappa shape index (κ3) is 3.21. The number of halogens is 2. The van der Waals surface area contributed by atoms with Crippen LogP contribution < -0.4 is 10.4 Å². The molecule has 0 amide bonds. The maximum atomic E-state index is 13.3. The van der Waals surface area contributed by atoms with Crippen LogP contribution in [0.25, 0.3) is 22.1 Å². The maximum Gasteiger partial charge on any atom is 0.379 e. The third-order valence-corrected chi connectivity index (χ3v) is 4.03. The SMILES string of the molecule is C[C@@H](Oc1ccc2c(-c3ccc(F)cc3Cl)c(O)c(=O)oc2c1)C(=O)O. The van der Waals surface area contributed by atoms with Gasteiger partial charge in [-0.15, -0.1) is 0 Å². The number of aromatic hydroxyl groups is 1. The van der Waals surface area contributed by atoms with Gasteiger partial charge in [-0.1, -0.05) is 11.6 Å². The second-order valence-electron chi connectivity index (χ2n) is 5.49. The summed E-state index contributed by atoms with van der Waals surface area (Å²) in [5.41, 5.74) is -0.635. The summed E-state index contributed by atoms with van der Waals surface area (Å²) in [6.45, 7) is 1.35. The molecule has 0 radical (unpaired) electrons. The average Bonchev–Trinajstić information content (AvgIpc) is 2.57. The number of carboxylic acids is 1. The predicted octanol–water partition coefficient (Wildman–Crippen LogP) is 3.81. The molecule has 2 N–H and O–H groups in total. The van der Waals surface area contributed by atoms with Crippen LogP contribution in [0.2, 0.25) is 5.02 Å². The van der Waals surface area contributed by atoms with E-state index in [9.17, 15) is 19.1 Å². The van der Waals surface area contributed by atoms with Crippen LogP contribution in [0.3, 0.4) is 0 Å². The lowest BCUT2D eigenvalue weighted by atomic mass is 10.0. The summed E-state index contributed by atoms with van der Waals surface area (Å²) in [7, 11) is 0. The molecule has 3 aromatic rings. The van der Waals surface area contributed by atoms with E-state index in [1.54, 1.807) is 0 Å². The van der Waals surface area contributed by atoms with Gasteiger partial charge in [-0.3, -0.25) is 0 Å². The van der Waals surface area contributed by atoms with E-state index >= 15 is 0 Å². The number of carboxylic acid groups (broad SMARTS) is 1. The van der Waals surface area contributed by atoms with E-state index in [4.69, 9.17) is 25.9 Å². The van der Waals surface area contributed by atoms with E-state index in [0.717, 1.165) is 12.1 Å². The molecule has 6 nitrogen and oxygen atoms in total. The van der Waals surface area contributed by atoms with Crippen molar-refractivity contribution in [1.29, 1.82) is 0 Å². The van der Waals surface area contributed by atoms with Crippen molar-refractivity contribution in [2.45, 2.75) is 13.0 Å². The maximum absolute atomic E-state index is 13.3. The average molecular weight is 379 g/mol. The van der Waals surface area contributed by atoms with Crippen LogP contribution in [-0.2, 0) is 4.79 Å². The van der Waals surface area contributed by atoms with Crippen LogP contribution in [0.1, 0.15) is 6.92 Å². The van der Waals surface area contributed by atoms with Gasteiger partial charge >= 0.3 is 11.6 Å². The number of benzene rings is 2. The lowest BCUT2D eigenvalue weighted by molar-refractivity contribution is -0.144. The number of carbonyl (C=O) groups is 1. The van der Waals surface area contributed by atoms with Crippen LogP contribution >= 0.6 is 11.6 Å². The number of hydrogen-bond donors (Lipinski definition) is 2. The Morgan fingerprint density at radius 3 is 2.65 bits per heavy atom. The number of hydrogen-bond acceptors (Lipinski definition) is 5. The number of ether oxygens (including phenoxy) is 1. The fraction of sp³-hybridized carbons (Fsp3) is 0.111. The van der Waals surface area contributed by atoms with Crippen molar-refractivity contribution in [3.05, 3.63) is 57.7 Å². The zero-order valence-electron chi connectivity index (χ0n) is 13.3. The fourth-order valence-corrected chi connectivity index (χ4v) is 2.73. The van der Waals surface area contributed by atoms with Gasteiger partial charge in [0.1, 0.15) is 17.1 Å². The Morgan fingerprint density at radius 1 is 1.27 bits per heavy atom. The van der Waals surface area contributed by atoms with Gasteiger partial charge < -0.3 is 19.4 Å². The first-order valence-electron chi connectivity index (χ1n) is 7.42. The van der Waals surface area contributed by atoms with Crippen molar-refractivity contribution in [3.8, 4) is 22.6 Å². The molecule has 134 valence electrons. The summed E-state index contributed by atoms with van der Waals surface area (Å²) >= 11 is 6.05. The minimum atomic E-state index is -1.16. The Bertz CT molecular complexity index is 1080. The molecule has 1 atom stereocenters. The van der Waals surface area contributed by atoms with Crippen molar-refractivity contribution < 1.29 is 28.6 Å². The molecule has 0 unspecified atom stereocenters. The van der Waals surface area contributed by atoms with Gasteiger partial charge in [0.05, 0.1) is 5.02 Å². The molecule has 0 fully saturated rings. The third-order valence-electron chi connectivity index (χ3n) is 3.72. The Kier molecular flexibility index (Phi) is 4.56. The molecule has 2 aromatic carbocycles. The van der Waals surface area contributed by atoms with Crippen molar-refractivity contribution in [3.63, 3.8) is 0 Å². The molecular formula is C18H12ClFO6. The lowest BCUT2D eigenvalue weighted by Crippen LogP contribution is -2.22. The molecule has 0 bridgehead atoms. The first-order chi connectivity index (χ1) is 12.3. The molecule has 1 heterocycles. The van der Waals surface area contributed by atoms with Crippen molar-refractivity contribution in [2.24, 2.45) is 0 Å². The number of aliphatic carboxylic acids is 1. The highest BCUT2D eigenvalue weighted by Crippen LogP contribution is 2.39. The Morgan fingerprint density at radius 2 is 2.00 bits per heavy atom. The molecule has 0 aliphatic heterocycles. The van der Waals surface area contributed by atoms with Crippen LogP contribution in [0, 0.1) is 5.82 Å². The van der Waals surface area contributed by atoms with Gasteiger partial charge in [0.15, 0.2) is 6.10 Å². The van der Waals surface area contributed by atoms with Crippen LogP contribution in [0.5, 0.6) is 11.5 Å². The topological polar surface area (TPSA) is 97.0 Å². The molecule has 0 spiro atoms. The Hall–Kier alpha value is -3.06. The van der Waals surface area contributed by atoms with E-state index in [1.165, 1.54) is 31.2 Å². The minimum Gasteiger partial charge on any atom is -0.501 e. The van der Waals surface area contributed by atoms with Gasteiger partial charge in [-0.05, 0) is 37.3 Å². The number of rotatable bonds is 4.